The summed E-state index contributed by atoms with van der Waals surface area (Å²) in [6.45, 7) is 0.784. The van der Waals surface area contributed by atoms with E-state index in [4.69, 9.17) is 18.9 Å². The summed E-state index contributed by atoms with van der Waals surface area (Å²) in [7, 11) is 2.90. The Morgan fingerprint density at radius 1 is 1.35 bits per heavy atom. The molecule has 0 radical (unpaired) electrons. The van der Waals surface area contributed by atoms with E-state index < -0.39 is 24.7 Å². The van der Waals surface area contributed by atoms with Crippen LogP contribution in [-0.4, -0.2) is 37.0 Å². The molecule has 0 saturated heterocycles. The maximum Gasteiger partial charge on any atom is 0.302 e. The zero-order chi connectivity index (χ0) is 14.9. The molecule has 0 spiro atoms. The minimum atomic E-state index is -1.92. The fourth-order valence-corrected chi connectivity index (χ4v) is 2.06. The second-order valence-electron chi connectivity index (χ2n) is 4.33. The zero-order valence-electron chi connectivity index (χ0n) is 11.4. The van der Waals surface area contributed by atoms with E-state index >= 15 is 0 Å². The van der Waals surface area contributed by atoms with Gasteiger partial charge in [-0.3, -0.25) is 4.79 Å². The van der Waals surface area contributed by atoms with Gasteiger partial charge in [0.15, 0.2) is 17.8 Å². The number of carbonyl (C=O) groups excluding carboxylic acids is 1. The van der Waals surface area contributed by atoms with E-state index in [1.54, 1.807) is 0 Å². The van der Waals surface area contributed by atoms with Gasteiger partial charge >= 0.3 is 5.97 Å². The van der Waals surface area contributed by atoms with Crippen LogP contribution in [-0.2, 0) is 20.1 Å². The van der Waals surface area contributed by atoms with Crippen molar-refractivity contribution in [3.05, 3.63) is 23.3 Å². The lowest BCUT2D eigenvalue weighted by Gasteiger charge is -2.23. The Balaban J connectivity index is 2.43. The van der Waals surface area contributed by atoms with Crippen LogP contribution in [0.1, 0.15) is 24.3 Å². The SMILES string of the molecule is COc1cc2c(cc1OC)C(O)(COC(C)=O)OC2O. The van der Waals surface area contributed by atoms with Crippen LogP contribution < -0.4 is 9.47 Å². The van der Waals surface area contributed by atoms with Gasteiger partial charge in [0.25, 0.3) is 0 Å². The molecule has 1 aromatic carbocycles. The predicted octanol–water partition coefficient (Wildman–Crippen LogP) is 0.433. The molecule has 1 aromatic rings. The Kier molecular flexibility index (Phi) is 3.85. The van der Waals surface area contributed by atoms with Crippen LogP contribution in [0.25, 0.3) is 0 Å². The highest BCUT2D eigenvalue weighted by atomic mass is 16.7. The van der Waals surface area contributed by atoms with Crippen LogP contribution in [0, 0.1) is 0 Å². The number of ether oxygens (including phenoxy) is 4. The molecule has 2 atom stereocenters. The second kappa shape index (κ2) is 5.28. The Labute approximate surface area is 115 Å². The number of benzene rings is 1. The van der Waals surface area contributed by atoms with Crippen LogP contribution in [0.3, 0.4) is 0 Å². The summed E-state index contributed by atoms with van der Waals surface area (Å²) in [5.41, 5.74) is 0.598. The second-order valence-corrected chi connectivity index (χ2v) is 4.33. The molecule has 2 N–H and O–H groups in total. The maximum atomic E-state index is 10.9. The van der Waals surface area contributed by atoms with E-state index in [1.807, 2.05) is 0 Å². The first-order valence-corrected chi connectivity index (χ1v) is 5.89. The summed E-state index contributed by atoms with van der Waals surface area (Å²) in [4.78, 5) is 10.9. The first-order valence-electron chi connectivity index (χ1n) is 5.89. The zero-order valence-corrected chi connectivity index (χ0v) is 11.4. The Morgan fingerprint density at radius 3 is 2.50 bits per heavy atom. The highest BCUT2D eigenvalue weighted by molar-refractivity contribution is 5.66. The standard InChI is InChI=1S/C13H16O7/c1-7(14)19-6-13(16)9-5-11(18-3)10(17-2)4-8(9)12(15)20-13/h4-5,12,15-16H,6H2,1-3H3. The molecule has 1 aliphatic rings. The van der Waals surface area contributed by atoms with E-state index in [0.29, 0.717) is 17.1 Å². The van der Waals surface area contributed by atoms with E-state index in [9.17, 15) is 15.0 Å². The first kappa shape index (κ1) is 14.6. The number of aliphatic hydroxyl groups is 2. The molecule has 2 rings (SSSR count). The third kappa shape index (κ3) is 2.43. The Bertz CT molecular complexity index is 528. The van der Waals surface area contributed by atoms with Gasteiger partial charge in [-0.1, -0.05) is 0 Å². The summed E-state index contributed by atoms with van der Waals surface area (Å²) in [5.74, 6) is -1.72. The molecule has 0 aliphatic carbocycles. The van der Waals surface area contributed by atoms with Crippen molar-refractivity contribution in [1.82, 2.24) is 0 Å². The number of hydrogen-bond acceptors (Lipinski definition) is 7. The minimum Gasteiger partial charge on any atom is -0.493 e. The average molecular weight is 284 g/mol. The first-order chi connectivity index (χ1) is 9.41. The number of rotatable bonds is 4. The van der Waals surface area contributed by atoms with Gasteiger partial charge in [0.2, 0.25) is 5.79 Å². The maximum absolute atomic E-state index is 10.9. The molecule has 0 saturated carbocycles. The van der Waals surface area contributed by atoms with E-state index in [-0.39, 0.29) is 5.56 Å². The van der Waals surface area contributed by atoms with Crippen LogP contribution in [0.15, 0.2) is 12.1 Å². The van der Waals surface area contributed by atoms with Gasteiger partial charge in [-0.2, -0.15) is 0 Å². The van der Waals surface area contributed by atoms with E-state index in [1.165, 1.54) is 33.3 Å². The Hall–Kier alpha value is -1.83. The lowest BCUT2D eigenvalue weighted by molar-refractivity contribution is -0.286. The summed E-state index contributed by atoms with van der Waals surface area (Å²) in [5, 5.41) is 20.2. The summed E-state index contributed by atoms with van der Waals surface area (Å²) in [6, 6.07) is 2.98. The number of fused-ring (bicyclic) bond motifs is 1. The minimum absolute atomic E-state index is 0.268. The molecule has 20 heavy (non-hydrogen) atoms. The van der Waals surface area contributed by atoms with Crippen molar-refractivity contribution < 1.29 is 34.0 Å². The fourth-order valence-electron chi connectivity index (χ4n) is 2.06. The molecule has 0 fully saturated rings. The van der Waals surface area contributed by atoms with Crippen molar-refractivity contribution in [2.45, 2.75) is 19.0 Å². The normalized spacial score (nSPS) is 24.1. The summed E-state index contributed by atoms with van der Waals surface area (Å²) >= 11 is 0. The molecular weight excluding hydrogens is 268 g/mol. The molecule has 7 nitrogen and oxygen atoms in total. The van der Waals surface area contributed by atoms with Crippen molar-refractivity contribution in [2.75, 3.05) is 20.8 Å². The van der Waals surface area contributed by atoms with Gasteiger partial charge in [0.1, 0.15) is 6.61 Å². The topological polar surface area (TPSA) is 94.5 Å². The molecule has 0 bridgehead atoms. The number of methoxy groups -OCH3 is 2. The largest absolute Gasteiger partial charge is 0.493 e. The van der Waals surface area contributed by atoms with Crippen LogP contribution in [0.4, 0.5) is 0 Å². The van der Waals surface area contributed by atoms with Crippen molar-refractivity contribution in [3.63, 3.8) is 0 Å². The number of aliphatic hydroxyl groups excluding tert-OH is 1. The fraction of sp³-hybridized carbons (Fsp3) is 0.462. The highest BCUT2D eigenvalue weighted by Gasteiger charge is 2.45. The number of carbonyl (C=O) groups is 1. The lowest BCUT2D eigenvalue weighted by Crippen LogP contribution is -2.32. The van der Waals surface area contributed by atoms with Gasteiger partial charge in [-0.15, -0.1) is 0 Å². The van der Waals surface area contributed by atoms with Crippen LogP contribution in [0.5, 0.6) is 11.5 Å². The van der Waals surface area contributed by atoms with Crippen molar-refractivity contribution >= 4 is 5.97 Å². The molecule has 1 aliphatic heterocycles. The average Bonchev–Trinajstić information content (AvgIpc) is 2.67. The van der Waals surface area contributed by atoms with Crippen molar-refractivity contribution in [1.29, 1.82) is 0 Å². The molecule has 7 heteroatoms. The molecule has 1 heterocycles. The molecular formula is C13H16O7. The number of esters is 1. The van der Waals surface area contributed by atoms with Crippen LogP contribution >= 0.6 is 0 Å². The Morgan fingerprint density at radius 2 is 1.95 bits per heavy atom. The van der Waals surface area contributed by atoms with E-state index in [2.05, 4.69) is 0 Å². The smallest absolute Gasteiger partial charge is 0.302 e. The molecule has 2 unspecified atom stereocenters. The van der Waals surface area contributed by atoms with Gasteiger partial charge in [-0.25, -0.2) is 0 Å². The molecule has 0 amide bonds. The summed E-state index contributed by atoms with van der Waals surface area (Å²) < 4.78 is 20.1. The van der Waals surface area contributed by atoms with Crippen molar-refractivity contribution in [2.24, 2.45) is 0 Å². The third-order valence-electron chi connectivity index (χ3n) is 3.02. The third-order valence-corrected chi connectivity index (χ3v) is 3.02. The van der Waals surface area contributed by atoms with Gasteiger partial charge in [-0.05, 0) is 12.1 Å². The quantitative estimate of drug-likeness (QED) is 0.774. The molecule has 110 valence electrons. The van der Waals surface area contributed by atoms with Crippen molar-refractivity contribution in [3.8, 4) is 11.5 Å². The lowest BCUT2D eigenvalue weighted by atomic mass is 10.0. The van der Waals surface area contributed by atoms with Gasteiger partial charge in [0.05, 0.1) is 14.2 Å². The monoisotopic (exact) mass is 284 g/mol. The van der Waals surface area contributed by atoms with Gasteiger partial charge in [0, 0.05) is 18.1 Å². The highest BCUT2D eigenvalue weighted by Crippen LogP contribution is 2.45. The molecule has 0 aromatic heterocycles. The van der Waals surface area contributed by atoms with Crippen LogP contribution in [0.2, 0.25) is 0 Å². The number of hydrogen-bond donors (Lipinski definition) is 2. The predicted molar refractivity (Wildman–Crippen MR) is 66.1 cm³/mol. The summed E-state index contributed by atoms with van der Waals surface area (Å²) in [6.07, 6.45) is -1.34. The van der Waals surface area contributed by atoms with Gasteiger partial charge < -0.3 is 29.2 Å². The van der Waals surface area contributed by atoms with E-state index in [0.717, 1.165) is 0 Å².